The lowest BCUT2D eigenvalue weighted by molar-refractivity contribution is -0.154. The Kier molecular flexibility index (Phi) is 7.14. The molecule has 3 unspecified atom stereocenters. The summed E-state index contributed by atoms with van der Waals surface area (Å²) >= 11 is 5.30. The number of aliphatic hydroxyl groups excluding tert-OH is 1. The highest BCUT2D eigenvalue weighted by molar-refractivity contribution is 9.09. The molecule has 3 rings (SSSR count). The van der Waals surface area contributed by atoms with Crippen molar-refractivity contribution < 1.29 is 24.2 Å². The molecular weight excluding hydrogens is 472 g/mol. The largest absolute Gasteiger partial charge is 0.466 e. The van der Waals surface area contributed by atoms with Crippen LogP contribution < -0.4 is 5.32 Å². The molecule has 2 bridgehead atoms. The van der Waals surface area contributed by atoms with Crippen LogP contribution >= 0.6 is 27.7 Å². The predicted molar refractivity (Wildman–Crippen MR) is 119 cm³/mol. The highest BCUT2D eigenvalue weighted by Gasteiger charge is 2.76. The number of nitrogens with one attached hydrogen (secondary N) is 1. The monoisotopic (exact) mass is 504 g/mol. The fourth-order valence-corrected chi connectivity index (χ4v) is 9.00. The summed E-state index contributed by atoms with van der Waals surface area (Å²) in [4.78, 5) is 41.8. The Labute approximate surface area is 191 Å². The van der Waals surface area contributed by atoms with Gasteiger partial charge in [0.1, 0.15) is 6.04 Å². The van der Waals surface area contributed by atoms with Gasteiger partial charge in [0.15, 0.2) is 0 Å². The number of carbonyl (C=O) groups is 3. The smallest absolute Gasteiger partial charge is 0.310 e. The van der Waals surface area contributed by atoms with E-state index in [2.05, 4.69) is 21.2 Å². The van der Waals surface area contributed by atoms with Crippen LogP contribution in [0.15, 0.2) is 0 Å². The number of hydrogen-bond acceptors (Lipinski definition) is 6. The van der Waals surface area contributed by atoms with E-state index in [1.807, 2.05) is 27.7 Å². The van der Waals surface area contributed by atoms with Crippen molar-refractivity contribution in [3.63, 3.8) is 0 Å². The molecule has 8 atom stereocenters. The number of rotatable bonds is 8. The lowest BCUT2D eigenvalue weighted by Gasteiger charge is -2.39. The number of ether oxygens (including phenoxy) is 1. The van der Waals surface area contributed by atoms with Gasteiger partial charge in [-0.05, 0) is 33.1 Å². The van der Waals surface area contributed by atoms with E-state index in [0.29, 0.717) is 6.42 Å². The summed E-state index contributed by atoms with van der Waals surface area (Å²) in [5, 5.41) is 13.1. The second-order valence-corrected chi connectivity index (χ2v) is 11.7. The second kappa shape index (κ2) is 8.98. The third-order valence-corrected chi connectivity index (χ3v) is 10.0. The third kappa shape index (κ3) is 3.58. The van der Waals surface area contributed by atoms with Gasteiger partial charge in [0.2, 0.25) is 11.8 Å². The van der Waals surface area contributed by atoms with Crippen molar-refractivity contribution in [1.29, 1.82) is 0 Å². The molecule has 2 amide bonds. The van der Waals surface area contributed by atoms with E-state index in [-0.39, 0.29) is 53.0 Å². The first-order valence-corrected chi connectivity index (χ1v) is 12.7. The molecule has 0 aromatic rings. The number of alkyl halides is 1. The van der Waals surface area contributed by atoms with E-state index in [1.165, 1.54) is 0 Å². The molecule has 3 saturated heterocycles. The Morgan fingerprint density at radius 2 is 2.03 bits per heavy atom. The van der Waals surface area contributed by atoms with Crippen molar-refractivity contribution in [3.05, 3.63) is 0 Å². The van der Waals surface area contributed by atoms with Crippen LogP contribution in [0.1, 0.15) is 47.5 Å². The van der Waals surface area contributed by atoms with Crippen LogP contribution in [0.3, 0.4) is 0 Å². The summed E-state index contributed by atoms with van der Waals surface area (Å²) < 4.78 is 4.64. The zero-order valence-corrected chi connectivity index (χ0v) is 20.7. The molecule has 2 N–H and O–H groups in total. The minimum absolute atomic E-state index is 0.0198. The predicted octanol–water partition coefficient (Wildman–Crippen LogP) is 1.95. The molecule has 3 aliphatic heterocycles. The number of hydrogen-bond donors (Lipinski definition) is 2. The van der Waals surface area contributed by atoms with E-state index in [0.717, 1.165) is 6.42 Å². The molecule has 7 nitrogen and oxygen atoms in total. The number of likely N-dealkylation sites (tertiary alicyclic amines) is 1. The first kappa shape index (κ1) is 23.9. The van der Waals surface area contributed by atoms with Crippen molar-refractivity contribution in [2.45, 2.75) is 80.4 Å². The van der Waals surface area contributed by atoms with Gasteiger partial charge in [-0.2, -0.15) is 0 Å². The van der Waals surface area contributed by atoms with Crippen molar-refractivity contribution in [2.75, 3.05) is 13.2 Å². The Morgan fingerprint density at radius 1 is 1.37 bits per heavy atom. The summed E-state index contributed by atoms with van der Waals surface area (Å²) in [5.41, 5.74) is 0. The highest BCUT2D eigenvalue weighted by Crippen LogP contribution is 2.68. The Bertz CT molecular complexity index is 707. The number of aliphatic hydroxyl groups is 1. The average molecular weight is 505 g/mol. The zero-order chi connectivity index (χ0) is 22.4. The summed E-state index contributed by atoms with van der Waals surface area (Å²) in [7, 11) is 0. The van der Waals surface area contributed by atoms with Gasteiger partial charge in [0.25, 0.3) is 0 Å². The molecule has 0 saturated carbocycles. The van der Waals surface area contributed by atoms with E-state index >= 15 is 0 Å². The molecule has 9 heteroatoms. The fourth-order valence-electron chi connectivity index (χ4n) is 5.41. The molecule has 0 radical (unpaired) electrons. The second-order valence-electron chi connectivity index (χ2n) is 8.96. The molecule has 3 fully saturated rings. The van der Waals surface area contributed by atoms with Crippen molar-refractivity contribution in [1.82, 2.24) is 10.2 Å². The van der Waals surface area contributed by atoms with Gasteiger partial charge >= 0.3 is 5.97 Å². The zero-order valence-electron chi connectivity index (χ0n) is 18.3. The van der Waals surface area contributed by atoms with Gasteiger partial charge in [-0.3, -0.25) is 14.4 Å². The van der Waals surface area contributed by atoms with Crippen LogP contribution in [0.5, 0.6) is 0 Å². The molecule has 0 aromatic heterocycles. The number of fused-ring (bicyclic) bond motifs is 1. The van der Waals surface area contributed by atoms with E-state index in [9.17, 15) is 19.5 Å². The topological polar surface area (TPSA) is 95.9 Å². The van der Waals surface area contributed by atoms with Crippen molar-refractivity contribution >= 4 is 45.5 Å². The van der Waals surface area contributed by atoms with Crippen LogP contribution in [0.2, 0.25) is 0 Å². The van der Waals surface area contributed by atoms with Crippen LogP contribution in [-0.4, -0.2) is 74.0 Å². The number of esters is 1. The normalized spacial score (nSPS) is 36.7. The molecule has 0 aliphatic carbocycles. The lowest BCUT2D eigenvalue weighted by Crippen LogP contribution is -2.58. The Balaban J connectivity index is 2.10. The number of nitrogens with zero attached hydrogens (tertiary/aromatic N) is 1. The first-order chi connectivity index (χ1) is 14.1. The number of amides is 2. The Morgan fingerprint density at radius 3 is 2.57 bits per heavy atom. The minimum atomic E-state index is -0.724. The maximum Gasteiger partial charge on any atom is 0.310 e. The van der Waals surface area contributed by atoms with Crippen LogP contribution in [0.25, 0.3) is 0 Å². The lowest BCUT2D eigenvalue weighted by atomic mass is 9.71. The molecule has 30 heavy (non-hydrogen) atoms. The first-order valence-electron chi connectivity index (χ1n) is 10.9. The molecule has 3 heterocycles. The molecule has 170 valence electrons. The summed E-state index contributed by atoms with van der Waals surface area (Å²) in [5.74, 6) is -1.96. The molecule has 0 aromatic carbocycles. The summed E-state index contributed by atoms with van der Waals surface area (Å²) in [6, 6.07) is -1.27. The SMILES string of the molecule is CCOC(=O)[C@H]1[C@H]2C(=O)N([C@@H](CO)[C@@H](C)CC)C(C(=O)NC(C)C)C23CC(Br)[C@@H]1S3. The maximum absolute atomic E-state index is 13.8. The third-order valence-electron chi connectivity index (χ3n) is 6.81. The highest BCUT2D eigenvalue weighted by atomic mass is 79.9. The van der Waals surface area contributed by atoms with Crippen molar-refractivity contribution in [3.8, 4) is 0 Å². The molecular formula is C21H33BrN2O5S. The maximum atomic E-state index is 13.8. The van der Waals surface area contributed by atoms with Crippen LogP contribution in [0.4, 0.5) is 0 Å². The quantitative estimate of drug-likeness (QED) is 0.387. The van der Waals surface area contributed by atoms with Crippen molar-refractivity contribution in [2.24, 2.45) is 17.8 Å². The average Bonchev–Trinajstić information content (AvgIpc) is 3.26. The van der Waals surface area contributed by atoms with Gasteiger partial charge in [0, 0.05) is 16.1 Å². The fraction of sp³-hybridized carbons (Fsp3) is 0.857. The Hall–Kier alpha value is -0.800. The van der Waals surface area contributed by atoms with Crippen LogP contribution in [0, 0.1) is 17.8 Å². The van der Waals surface area contributed by atoms with Gasteiger partial charge in [-0.25, -0.2) is 0 Å². The van der Waals surface area contributed by atoms with Gasteiger partial charge < -0.3 is 20.1 Å². The number of thioether (sulfide) groups is 1. The molecule has 1 spiro atoms. The van der Waals surface area contributed by atoms with Gasteiger partial charge in [0.05, 0.1) is 35.8 Å². The van der Waals surface area contributed by atoms with E-state index in [1.54, 1.807) is 23.6 Å². The summed E-state index contributed by atoms with van der Waals surface area (Å²) in [6.45, 7) is 9.56. The van der Waals surface area contributed by atoms with Crippen LogP contribution in [-0.2, 0) is 19.1 Å². The van der Waals surface area contributed by atoms with E-state index in [4.69, 9.17) is 4.74 Å². The number of carbonyl (C=O) groups excluding carboxylic acids is 3. The van der Waals surface area contributed by atoms with E-state index < -0.39 is 28.7 Å². The number of halogens is 1. The minimum Gasteiger partial charge on any atom is -0.466 e. The van der Waals surface area contributed by atoms with Gasteiger partial charge in [-0.15, -0.1) is 11.8 Å². The molecule has 3 aliphatic rings. The van der Waals surface area contributed by atoms with Gasteiger partial charge in [-0.1, -0.05) is 36.2 Å². The standard InChI is InChI=1S/C21H33BrN2O5S/c1-6-11(5)13(9-25)24-17(18(26)23-10(3)4)21-8-12(22)16(30-21)14(15(21)19(24)27)20(28)29-7-2/h10-17,25H,6-9H2,1-5H3,(H,23,26)/t11-,12?,13-,14-,15-,16-,17?,21?/m0/s1. The summed E-state index contributed by atoms with van der Waals surface area (Å²) in [6.07, 6.45) is 1.39.